The highest BCUT2D eigenvalue weighted by atomic mass is 79.9. The van der Waals surface area contributed by atoms with Gasteiger partial charge in [-0.2, -0.15) is 0 Å². The third-order valence-corrected chi connectivity index (χ3v) is 3.83. The van der Waals surface area contributed by atoms with Crippen molar-refractivity contribution >= 4 is 49.1 Å². The zero-order chi connectivity index (χ0) is 14.0. The van der Waals surface area contributed by atoms with E-state index in [1.165, 1.54) is 6.07 Å². The van der Waals surface area contributed by atoms with Crippen molar-refractivity contribution in [1.29, 1.82) is 0 Å². The smallest absolute Gasteiger partial charge is 0.152 e. The lowest BCUT2D eigenvalue weighted by atomic mass is 10.1. The number of benzene rings is 1. The summed E-state index contributed by atoms with van der Waals surface area (Å²) in [6.07, 6.45) is 1.61. The fourth-order valence-electron chi connectivity index (χ4n) is 1.69. The molecule has 2 rings (SSSR count). The predicted molar refractivity (Wildman–Crippen MR) is 83.1 cm³/mol. The molecule has 0 aliphatic rings. The van der Waals surface area contributed by atoms with E-state index in [1.807, 2.05) is 13.0 Å². The van der Waals surface area contributed by atoms with Gasteiger partial charge in [-0.15, -0.1) is 0 Å². The maximum Gasteiger partial charge on any atom is 0.152 e. The average molecular weight is 408 g/mol. The monoisotopic (exact) mass is 406 g/mol. The fourth-order valence-corrected chi connectivity index (χ4v) is 2.51. The number of rotatable bonds is 3. The van der Waals surface area contributed by atoms with Crippen molar-refractivity contribution in [2.45, 2.75) is 13.0 Å². The molecule has 0 aliphatic carbocycles. The Bertz CT molecular complexity index is 607. The molecule has 0 aliphatic heterocycles. The van der Waals surface area contributed by atoms with E-state index in [4.69, 9.17) is 11.6 Å². The molecule has 1 N–H and O–H groups in total. The first-order valence-electron chi connectivity index (χ1n) is 5.50. The number of anilines is 1. The molecule has 2 aromatic rings. The minimum Gasteiger partial charge on any atom is -0.376 e. The Morgan fingerprint density at radius 2 is 2.00 bits per heavy atom. The highest BCUT2D eigenvalue weighted by Crippen LogP contribution is 2.28. The van der Waals surface area contributed by atoms with Gasteiger partial charge in [0.05, 0.1) is 11.7 Å². The van der Waals surface area contributed by atoms with Gasteiger partial charge in [-0.3, -0.25) is 0 Å². The molecular formula is C13H10Br2ClFN2. The summed E-state index contributed by atoms with van der Waals surface area (Å²) in [5, 5.41) is 3.50. The number of hydrogen-bond donors (Lipinski definition) is 1. The largest absolute Gasteiger partial charge is 0.376 e. The first-order chi connectivity index (χ1) is 8.97. The lowest BCUT2D eigenvalue weighted by molar-refractivity contribution is 0.599. The lowest BCUT2D eigenvalue weighted by Crippen LogP contribution is -2.09. The van der Waals surface area contributed by atoms with E-state index >= 15 is 0 Å². The van der Waals surface area contributed by atoms with Crippen LogP contribution >= 0.6 is 43.5 Å². The number of aromatic nitrogens is 1. The summed E-state index contributed by atoms with van der Waals surface area (Å²) in [5.41, 5.74) is 1.23. The molecule has 1 aromatic carbocycles. The van der Waals surface area contributed by atoms with Gasteiger partial charge in [-0.05, 0) is 41.1 Å². The number of pyridine rings is 1. The van der Waals surface area contributed by atoms with Gasteiger partial charge >= 0.3 is 0 Å². The minimum absolute atomic E-state index is 0.221. The molecule has 100 valence electrons. The second kappa shape index (κ2) is 6.20. The van der Waals surface area contributed by atoms with Crippen molar-refractivity contribution in [2.75, 3.05) is 5.32 Å². The molecule has 0 saturated carbocycles. The molecule has 1 heterocycles. The summed E-state index contributed by atoms with van der Waals surface area (Å²) in [7, 11) is 0. The van der Waals surface area contributed by atoms with Crippen molar-refractivity contribution in [3.63, 3.8) is 0 Å². The Kier molecular flexibility index (Phi) is 4.81. The van der Waals surface area contributed by atoms with E-state index in [0.717, 1.165) is 4.47 Å². The van der Waals surface area contributed by atoms with E-state index in [9.17, 15) is 4.39 Å². The van der Waals surface area contributed by atoms with E-state index in [1.54, 1.807) is 18.3 Å². The maximum absolute atomic E-state index is 13.9. The molecule has 19 heavy (non-hydrogen) atoms. The van der Waals surface area contributed by atoms with Crippen molar-refractivity contribution in [3.8, 4) is 0 Å². The molecule has 1 atom stereocenters. The van der Waals surface area contributed by atoms with Crippen molar-refractivity contribution in [1.82, 2.24) is 4.98 Å². The summed E-state index contributed by atoms with van der Waals surface area (Å²) in [6, 6.07) is 6.56. The van der Waals surface area contributed by atoms with Crippen LogP contribution in [0.25, 0.3) is 0 Å². The van der Waals surface area contributed by atoms with Crippen LogP contribution in [0.2, 0.25) is 5.15 Å². The van der Waals surface area contributed by atoms with Crippen LogP contribution in [-0.2, 0) is 0 Å². The van der Waals surface area contributed by atoms with Crippen molar-refractivity contribution in [3.05, 3.63) is 55.9 Å². The van der Waals surface area contributed by atoms with Crippen LogP contribution in [0.3, 0.4) is 0 Å². The Morgan fingerprint density at radius 1 is 1.26 bits per heavy atom. The topological polar surface area (TPSA) is 24.9 Å². The van der Waals surface area contributed by atoms with E-state index in [0.29, 0.717) is 20.9 Å². The first kappa shape index (κ1) is 14.8. The molecule has 1 aromatic heterocycles. The molecule has 2 nitrogen and oxygen atoms in total. The normalized spacial score (nSPS) is 12.3. The standard InChI is InChI=1S/C13H10Br2ClFN2/c1-7(10-3-2-8(14)4-11(10)17)19-12-5-9(15)6-18-13(12)16/h2-7,19H,1H3. The third-order valence-electron chi connectivity index (χ3n) is 2.61. The van der Waals surface area contributed by atoms with Gasteiger partial charge in [0, 0.05) is 20.7 Å². The van der Waals surface area contributed by atoms with Gasteiger partial charge in [-0.25, -0.2) is 9.37 Å². The van der Waals surface area contributed by atoms with Gasteiger partial charge in [-0.1, -0.05) is 33.6 Å². The lowest BCUT2D eigenvalue weighted by Gasteiger charge is -2.17. The minimum atomic E-state index is -0.270. The predicted octanol–water partition coefficient (Wildman–Crippen LogP) is 5.57. The van der Waals surface area contributed by atoms with Crippen LogP contribution in [0.15, 0.2) is 39.4 Å². The van der Waals surface area contributed by atoms with Gasteiger partial charge < -0.3 is 5.32 Å². The van der Waals surface area contributed by atoms with Crippen molar-refractivity contribution < 1.29 is 4.39 Å². The highest BCUT2D eigenvalue weighted by Gasteiger charge is 2.13. The summed E-state index contributed by atoms with van der Waals surface area (Å²) in [5.74, 6) is -0.270. The molecule has 0 amide bonds. The van der Waals surface area contributed by atoms with E-state index < -0.39 is 0 Å². The Labute approximate surface area is 132 Å². The van der Waals surface area contributed by atoms with Crippen LogP contribution in [-0.4, -0.2) is 4.98 Å². The molecule has 0 saturated heterocycles. The van der Waals surface area contributed by atoms with Crippen molar-refractivity contribution in [2.24, 2.45) is 0 Å². The van der Waals surface area contributed by atoms with Gasteiger partial charge in [0.1, 0.15) is 5.82 Å². The molecule has 0 fully saturated rings. The zero-order valence-electron chi connectivity index (χ0n) is 9.92. The maximum atomic E-state index is 13.9. The zero-order valence-corrected chi connectivity index (χ0v) is 13.9. The second-order valence-electron chi connectivity index (χ2n) is 4.02. The number of nitrogens with zero attached hydrogens (tertiary/aromatic N) is 1. The average Bonchev–Trinajstić information content (AvgIpc) is 2.33. The molecular weight excluding hydrogens is 398 g/mol. The van der Waals surface area contributed by atoms with Crippen LogP contribution in [0.4, 0.5) is 10.1 Å². The molecule has 0 radical (unpaired) electrons. The summed E-state index contributed by atoms with van der Waals surface area (Å²) >= 11 is 12.6. The van der Waals surface area contributed by atoms with Gasteiger partial charge in [0.15, 0.2) is 5.15 Å². The van der Waals surface area contributed by atoms with E-state index in [2.05, 4.69) is 42.2 Å². The van der Waals surface area contributed by atoms with Crippen LogP contribution in [0.5, 0.6) is 0 Å². The van der Waals surface area contributed by atoms with E-state index in [-0.39, 0.29) is 11.9 Å². The first-order valence-corrected chi connectivity index (χ1v) is 7.46. The number of halogens is 4. The molecule has 1 unspecified atom stereocenters. The second-order valence-corrected chi connectivity index (χ2v) is 6.21. The van der Waals surface area contributed by atoms with Crippen LogP contribution in [0, 0.1) is 5.82 Å². The fraction of sp³-hybridized carbons (Fsp3) is 0.154. The van der Waals surface area contributed by atoms with Gasteiger partial charge in [0.25, 0.3) is 0 Å². The molecule has 0 spiro atoms. The third kappa shape index (κ3) is 3.68. The number of hydrogen-bond acceptors (Lipinski definition) is 2. The van der Waals surface area contributed by atoms with Crippen LogP contribution in [0.1, 0.15) is 18.5 Å². The Morgan fingerprint density at radius 3 is 2.68 bits per heavy atom. The summed E-state index contributed by atoms with van der Waals surface area (Å²) in [6.45, 7) is 1.86. The molecule has 6 heteroatoms. The quantitative estimate of drug-likeness (QED) is 0.672. The summed E-state index contributed by atoms with van der Waals surface area (Å²) in [4.78, 5) is 4.02. The van der Waals surface area contributed by atoms with Crippen LogP contribution < -0.4 is 5.32 Å². The SMILES string of the molecule is CC(Nc1cc(Br)cnc1Cl)c1ccc(Br)cc1F. The Hall–Kier alpha value is -0.650. The Balaban J connectivity index is 2.25. The van der Waals surface area contributed by atoms with Gasteiger partial charge in [0.2, 0.25) is 0 Å². The summed E-state index contributed by atoms with van der Waals surface area (Å²) < 4.78 is 15.4. The highest BCUT2D eigenvalue weighted by molar-refractivity contribution is 9.10. The number of nitrogens with one attached hydrogen (secondary N) is 1. The molecule has 0 bridgehead atoms.